The third-order valence-corrected chi connectivity index (χ3v) is 6.29. The molecule has 4 heteroatoms. The highest BCUT2D eigenvalue weighted by molar-refractivity contribution is 7.14. The van der Waals surface area contributed by atoms with Gasteiger partial charge in [0.15, 0.2) is 0 Å². The van der Waals surface area contributed by atoms with E-state index in [1.165, 1.54) is 27.1 Å². The summed E-state index contributed by atoms with van der Waals surface area (Å²) in [6.45, 7) is 10.9. The van der Waals surface area contributed by atoms with Gasteiger partial charge in [-0.25, -0.2) is 4.98 Å². The number of benzene rings is 1. The maximum Gasteiger partial charge on any atom is 0.0914 e. The van der Waals surface area contributed by atoms with Crippen molar-refractivity contribution in [2.45, 2.75) is 53.1 Å². The summed E-state index contributed by atoms with van der Waals surface area (Å²) in [4.78, 5) is 5.85. The molecule has 3 aromatic rings. The van der Waals surface area contributed by atoms with Crippen LogP contribution in [0, 0.1) is 20.8 Å². The highest BCUT2D eigenvalue weighted by Gasteiger charge is 2.14. The van der Waals surface area contributed by atoms with Crippen molar-refractivity contribution >= 4 is 22.7 Å². The molecule has 2 heterocycles. The molecule has 0 saturated carbocycles. The van der Waals surface area contributed by atoms with Crippen LogP contribution in [0.3, 0.4) is 0 Å². The highest BCUT2D eigenvalue weighted by Crippen LogP contribution is 2.30. The van der Waals surface area contributed by atoms with Gasteiger partial charge in [0.25, 0.3) is 0 Å². The average Bonchev–Trinajstić information content (AvgIpc) is 3.18. The Morgan fingerprint density at radius 3 is 2.52 bits per heavy atom. The molecule has 0 saturated heterocycles. The Bertz CT molecular complexity index is 847. The zero-order chi connectivity index (χ0) is 18.0. The van der Waals surface area contributed by atoms with Crippen LogP contribution in [-0.2, 0) is 6.42 Å². The Balaban J connectivity index is 1.63. The minimum absolute atomic E-state index is 0.338. The molecule has 2 nitrogen and oxygen atoms in total. The fraction of sp³-hybridized carbons (Fsp3) is 0.381. The van der Waals surface area contributed by atoms with Gasteiger partial charge < -0.3 is 5.32 Å². The number of rotatable bonds is 6. The number of thiazole rings is 1. The SMILES string of the molecule is Cc1ccc(CC(C)NC(C)c2csc(-c3csc(C)n3)c2)c(C)c1. The lowest BCUT2D eigenvalue weighted by molar-refractivity contribution is 0.477. The first-order chi connectivity index (χ1) is 11.9. The number of thiophene rings is 1. The van der Waals surface area contributed by atoms with Crippen LogP contribution >= 0.6 is 22.7 Å². The molecule has 0 aliphatic carbocycles. The Hall–Kier alpha value is -1.49. The van der Waals surface area contributed by atoms with Gasteiger partial charge >= 0.3 is 0 Å². The quantitative estimate of drug-likeness (QED) is 0.569. The topological polar surface area (TPSA) is 24.9 Å². The van der Waals surface area contributed by atoms with Crippen molar-refractivity contribution < 1.29 is 0 Å². The van der Waals surface area contributed by atoms with E-state index in [2.05, 4.69) is 79.9 Å². The predicted octanol–water partition coefficient (Wildman–Crippen LogP) is 6.08. The van der Waals surface area contributed by atoms with E-state index < -0.39 is 0 Å². The van der Waals surface area contributed by atoms with Crippen LogP contribution in [0.25, 0.3) is 10.6 Å². The van der Waals surface area contributed by atoms with Crippen molar-refractivity contribution in [3.63, 3.8) is 0 Å². The van der Waals surface area contributed by atoms with Crippen LogP contribution in [0.5, 0.6) is 0 Å². The number of hydrogen-bond donors (Lipinski definition) is 1. The number of aryl methyl sites for hydroxylation is 3. The smallest absolute Gasteiger partial charge is 0.0914 e. The second-order valence-electron chi connectivity index (χ2n) is 6.92. The van der Waals surface area contributed by atoms with Gasteiger partial charge in [-0.2, -0.15) is 0 Å². The summed E-state index contributed by atoms with van der Waals surface area (Å²) in [5, 5.41) is 9.27. The third-order valence-electron chi connectivity index (χ3n) is 4.55. The lowest BCUT2D eigenvalue weighted by Crippen LogP contribution is -2.30. The Morgan fingerprint density at radius 1 is 1.04 bits per heavy atom. The lowest BCUT2D eigenvalue weighted by atomic mass is 9.99. The van der Waals surface area contributed by atoms with E-state index >= 15 is 0 Å². The average molecular weight is 371 g/mol. The van der Waals surface area contributed by atoms with Crippen LogP contribution in [-0.4, -0.2) is 11.0 Å². The van der Waals surface area contributed by atoms with E-state index in [1.54, 1.807) is 22.7 Å². The molecule has 0 bridgehead atoms. The van der Waals surface area contributed by atoms with E-state index in [0.29, 0.717) is 12.1 Å². The molecule has 2 unspecified atom stereocenters. The Morgan fingerprint density at radius 2 is 1.84 bits per heavy atom. The van der Waals surface area contributed by atoms with Crippen LogP contribution in [0.2, 0.25) is 0 Å². The fourth-order valence-electron chi connectivity index (χ4n) is 3.18. The summed E-state index contributed by atoms with van der Waals surface area (Å²) < 4.78 is 0. The summed E-state index contributed by atoms with van der Waals surface area (Å²) in [5.74, 6) is 0. The molecule has 0 aliphatic rings. The van der Waals surface area contributed by atoms with Gasteiger partial charge in [0.1, 0.15) is 0 Å². The number of nitrogens with one attached hydrogen (secondary N) is 1. The molecular formula is C21H26N2S2. The van der Waals surface area contributed by atoms with Gasteiger partial charge in [-0.1, -0.05) is 23.8 Å². The highest BCUT2D eigenvalue weighted by atomic mass is 32.1. The summed E-state index contributed by atoms with van der Waals surface area (Å²) in [6, 6.07) is 9.79. The molecule has 132 valence electrons. The molecule has 0 aliphatic heterocycles. The third kappa shape index (κ3) is 4.57. The van der Waals surface area contributed by atoms with Gasteiger partial charge in [0.2, 0.25) is 0 Å². The van der Waals surface area contributed by atoms with Crippen molar-refractivity contribution in [1.29, 1.82) is 0 Å². The van der Waals surface area contributed by atoms with Gasteiger partial charge in [0, 0.05) is 17.5 Å². The number of nitrogens with zero attached hydrogens (tertiary/aromatic N) is 1. The molecule has 25 heavy (non-hydrogen) atoms. The van der Waals surface area contributed by atoms with Gasteiger partial charge in [-0.3, -0.25) is 0 Å². The lowest BCUT2D eigenvalue weighted by Gasteiger charge is -2.20. The van der Waals surface area contributed by atoms with Crippen LogP contribution in [0.1, 0.15) is 47.2 Å². The van der Waals surface area contributed by atoms with E-state index in [-0.39, 0.29) is 0 Å². The minimum Gasteiger partial charge on any atom is -0.307 e. The van der Waals surface area contributed by atoms with Crippen LogP contribution < -0.4 is 5.32 Å². The molecule has 2 aromatic heterocycles. The fourth-order valence-corrected chi connectivity index (χ4v) is 4.83. The normalized spacial score (nSPS) is 13.8. The molecule has 0 fully saturated rings. The Labute approximate surface area is 159 Å². The van der Waals surface area contributed by atoms with Crippen molar-refractivity contribution in [2.24, 2.45) is 0 Å². The van der Waals surface area contributed by atoms with E-state index in [0.717, 1.165) is 17.1 Å². The van der Waals surface area contributed by atoms with Gasteiger partial charge in [-0.05, 0) is 69.2 Å². The predicted molar refractivity (Wildman–Crippen MR) is 111 cm³/mol. The molecule has 0 spiro atoms. The van der Waals surface area contributed by atoms with E-state index in [9.17, 15) is 0 Å². The van der Waals surface area contributed by atoms with Gasteiger partial charge in [-0.15, -0.1) is 22.7 Å². The summed E-state index contributed by atoms with van der Waals surface area (Å²) in [7, 11) is 0. The minimum atomic E-state index is 0.338. The number of hydrogen-bond acceptors (Lipinski definition) is 4. The maximum atomic E-state index is 4.60. The van der Waals surface area contributed by atoms with Crippen molar-refractivity contribution in [3.05, 3.63) is 62.3 Å². The first kappa shape index (κ1) is 18.3. The molecule has 0 amide bonds. The molecule has 1 N–H and O–H groups in total. The number of aromatic nitrogens is 1. The monoisotopic (exact) mass is 370 g/mol. The second-order valence-corrected chi connectivity index (χ2v) is 8.89. The Kier molecular flexibility index (Phi) is 5.72. The van der Waals surface area contributed by atoms with Crippen molar-refractivity contribution in [1.82, 2.24) is 10.3 Å². The first-order valence-electron chi connectivity index (χ1n) is 8.75. The molecule has 0 radical (unpaired) electrons. The summed E-state index contributed by atoms with van der Waals surface area (Å²) >= 11 is 3.49. The molecule has 2 atom stereocenters. The van der Waals surface area contributed by atoms with E-state index in [4.69, 9.17) is 0 Å². The molecule has 1 aromatic carbocycles. The van der Waals surface area contributed by atoms with E-state index in [1.807, 2.05) is 0 Å². The molecule has 3 rings (SSSR count). The first-order valence-corrected chi connectivity index (χ1v) is 10.5. The van der Waals surface area contributed by atoms with Gasteiger partial charge in [0.05, 0.1) is 15.6 Å². The second kappa shape index (κ2) is 7.81. The van der Waals surface area contributed by atoms with Crippen molar-refractivity contribution in [3.8, 4) is 10.6 Å². The maximum absolute atomic E-state index is 4.60. The molecular weight excluding hydrogens is 344 g/mol. The summed E-state index contributed by atoms with van der Waals surface area (Å²) in [5.41, 5.74) is 6.60. The van der Waals surface area contributed by atoms with Crippen LogP contribution in [0.15, 0.2) is 35.0 Å². The zero-order valence-corrected chi connectivity index (χ0v) is 17.2. The van der Waals surface area contributed by atoms with Crippen molar-refractivity contribution in [2.75, 3.05) is 0 Å². The zero-order valence-electron chi connectivity index (χ0n) is 15.6. The van der Waals surface area contributed by atoms with Crippen LogP contribution in [0.4, 0.5) is 0 Å². The standard InChI is InChI=1S/C21H26N2S2/c1-13-6-7-18(14(2)8-13)9-15(3)22-16(4)19-10-21(25-11-19)20-12-24-17(5)23-20/h6-8,10-12,15-16,22H,9H2,1-5H3. The summed E-state index contributed by atoms with van der Waals surface area (Å²) in [6.07, 6.45) is 1.05. The largest absolute Gasteiger partial charge is 0.307 e.